The molecule has 0 spiro atoms. The van der Waals surface area contributed by atoms with Gasteiger partial charge in [0.2, 0.25) is 21.8 Å². The molecule has 0 bridgehead atoms. The largest absolute Gasteiger partial charge is 0.493 e. The van der Waals surface area contributed by atoms with Gasteiger partial charge in [-0.05, 0) is 37.5 Å². The number of sulfonamides is 1. The maximum atomic E-state index is 13.6. The summed E-state index contributed by atoms with van der Waals surface area (Å²) < 4.78 is 36.9. The number of nitrogens with zero attached hydrogens (tertiary/aromatic N) is 2. The van der Waals surface area contributed by atoms with E-state index in [4.69, 9.17) is 9.47 Å². The number of nitrogens with one attached hydrogen (secondary N) is 1. The first-order valence-electron chi connectivity index (χ1n) is 11.5. The summed E-state index contributed by atoms with van der Waals surface area (Å²) in [7, 11) is -0.908. The Morgan fingerprint density at radius 2 is 1.66 bits per heavy atom. The molecule has 0 heterocycles. The van der Waals surface area contributed by atoms with Gasteiger partial charge >= 0.3 is 0 Å². The van der Waals surface area contributed by atoms with Crippen LogP contribution in [0.5, 0.6) is 11.5 Å². The molecule has 0 saturated heterocycles. The van der Waals surface area contributed by atoms with Crippen LogP contribution in [-0.2, 0) is 26.0 Å². The minimum absolute atomic E-state index is 0.257. The van der Waals surface area contributed by atoms with E-state index >= 15 is 0 Å². The molecule has 10 heteroatoms. The van der Waals surface area contributed by atoms with Crippen LogP contribution >= 0.6 is 0 Å². The summed E-state index contributed by atoms with van der Waals surface area (Å²) in [5.74, 6) is 0.0243. The fourth-order valence-electron chi connectivity index (χ4n) is 3.78. The fourth-order valence-corrected chi connectivity index (χ4v) is 4.62. The summed E-state index contributed by atoms with van der Waals surface area (Å²) in [6, 6.07) is 13.5. The van der Waals surface area contributed by atoms with Crippen LogP contribution in [0.4, 0.5) is 5.69 Å². The lowest BCUT2D eigenvalue weighted by molar-refractivity contribution is -0.139. The number of benzene rings is 2. The van der Waals surface area contributed by atoms with Crippen LogP contribution in [0.25, 0.3) is 0 Å². The molecule has 0 radical (unpaired) electrons. The van der Waals surface area contributed by atoms with Crippen molar-refractivity contribution in [3.8, 4) is 11.5 Å². The standard InChI is InChI=1S/C25H35N3O6S/c1-6-21(25(30)26-7-2)27(16-15-19-11-9-8-10-12-19)24(29)18-28(35(5,31)32)20-13-14-22(33-3)23(17-20)34-4/h8-14,17,21H,6-7,15-16,18H2,1-5H3,(H,26,30)/t21-/m1/s1. The minimum atomic E-state index is -3.83. The molecule has 0 fully saturated rings. The van der Waals surface area contributed by atoms with Gasteiger partial charge in [-0.2, -0.15) is 0 Å². The lowest BCUT2D eigenvalue weighted by Gasteiger charge is -2.32. The Balaban J connectivity index is 2.40. The van der Waals surface area contributed by atoms with Crippen LogP contribution in [0.15, 0.2) is 48.5 Å². The predicted molar refractivity (Wildman–Crippen MR) is 136 cm³/mol. The smallest absolute Gasteiger partial charge is 0.244 e. The average molecular weight is 506 g/mol. The predicted octanol–water partition coefficient (Wildman–Crippen LogP) is 2.46. The van der Waals surface area contributed by atoms with E-state index in [1.807, 2.05) is 44.2 Å². The molecule has 1 atom stereocenters. The summed E-state index contributed by atoms with van der Waals surface area (Å²) >= 11 is 0. The van der Waals surface area contributed by atoms with Gasteiger partial charge in [0.05, 0.1) is 26.2 Å². The van der Waals surface area contributed by atoms with E-state index in [2.05, 4.69) is 5.32 Å². The van der Waals surface area contributed by atoms with Crippen LogP contribution in [0.3, 0.4) is 0 Å². The second-order valence-electron chi connectivity index (χ2n) is 7.95. The molecule has 0 unspecified atom stereocenters. The zero-order valence-corrected chi connectivity index (χ0v) is 21.8. The zero-order chi connectivity index (χ0) is 26.0. The summed E-state index contributed by atoms with van der Waals surface area (Å²) in [5, 5.41) is 2.78. The van der Waals surface area contributed by atoms with Crippen LogP contribution in [0, 0.1) is 0 Å². The van der Waals surface area contributed by atoms with Gasteiger partial charge in [-0.25, -0.2) is 8.42 Å². The molecular weight excluding hydrogens is 470 g/mol. The molecule has 35 heavy (non-hydrogen) atoms. The van der Waals surface area contributed by atoms with Gasteiger partial charge in [-0.1, -0.05) is 37.3 Å². The maximum Gasteiger partial charge on any atom is 0.244 e. The second-order valence-corrected chi connectivity index (χ2v) is 9.86. The number of hydrogen-bond donors (Lipinski definition) is 1. The second kappa shape index (κ2) is 13.0. The molecule has 1 N–H and O–H groups in total. The highest BCUT2D eigenvalue weighted by Crippen LogP contribution is 2.32. The van der Waals surface area contributed by atoms with Crippen molar-refractivity contribution in [1.29, 1.82) is 0 Å². The third-order valence-electron chi connectivity index (χ3n) is 5.56. The van der Waals surface area contributed by atoms with Gasteiger partial charge in [0.25, 0.3) is 0 Å². The van der Waals surface area contributed by atoms with Gasteiger partial charge < -0.3 is 19.7 Å². The third-order valence-corrected chi connectivity index (χ3v) is 6.70. The molecular formula is C25H35N3O6S. The first-order chi connectivity index (χ1) is 16.7. The van der Waals surface area contributed by atoms with Crippen LogP contribution < -0.4 is 19.1 Å². The number of hydrogen-bond acceptors (Lipinski definition) is 6. The topological polar surface area (TPSA) is 105 Å². The molecule has 0 aliphatic carbocycles. The quantitative estimate of drug-likeness (QED) is 0.448. The molecule has 0 aliphatic heterocycles. The van der Waals surface area contributed by atoms with Crippen molar-refractivity contribution in [3.63, 3.8) is 0 Å². The molecule has 2 aromatic carbocycles. The maximum absolute atomic E-state index is 13.6. The average Bonchev–Trinajstić information content (AvgIpc) is 2.84. The van der Waals surface area contributed by atoms with E-state index in [9.17, 15) is 18.0 Å². The third kappa shape index (κ3) is 7.61. The monoisotopic (exact) mass is 505 g/mol. The normalized spacial score (nSPS) is 11.9. The molecule has 0 saturated carbocycles. The van der Waals surface area contributed by atoms with E-state index in [0.717, 1.165) is 16.1 Å². The number of likely N-dealkylation sites (N-methyl/N-ethyl adjacent to an activating group) is 1. The van der Waals surface area contributed by atoms with Crippen molar-refractivity contribution in [2.24, 2.45) is 0 Å². The van der Waals surface area contributed by atoms with Gasteiger partial charge in [0.1, 0.15) is 12.6 Å². The number of ether oxygens (including phenoxy) is 2. The minimum Gasteiger partial charge on any atom is -0.493 e. The Morgan fingerprint density at radius 1 is 1.00 bits per heavy atom. The van der Waals surface area contributed by atoms with Gasteiger partial charge in [0, 0.05) is 19.2 Å². The zero-order valence-electron chi connectivity index (χ0n) is 21.0. The molecule has 192 valence electrons. The number of anilines is 1. The van der Waals surface area contributed by atoms with E-state index in [1.54, 1.807) is 12.1 Å². The molecule has 0 aliphatic rings. The number of rotatable bonds is 13. The first-order valence-corrected chi connectivity index (χ1v) is 13.3. The number of methoxy groups -OCH3 is 2. The van der Waals surface area contributed by atoms with Gasteiger partial charge in [-0.3, -0.25) is 13.9 Å². The Labute approximate surface area is 208 Å². The molecule has 2 amide bonds. The SMILES string of the molecule is CCNC(=O)[C@@H](CC)N(CCc1ccccc1)C(=O)CN(c1ccc(OC)c(OC)c1)S(C)(=O)=O. The summed E-state index contributed by atoms with van der Waals surface area (Å²) in [6.45, 7) is 3.87. The highest BCUT2D eigenvalue weighted by atomic mass is 32.2. The highest BCUT2D eigenvalue weighted by molar-refractivity contribution is 7.92. The number of amides is 2. The number of carbonyl (C=O) groups is 2. The van der Waals surface area contributed by atoms with Crippen LogP contribution in [-0.4, -0.2) is 71.3 Å². The molecule has 2 aromatic rings. The lowest BCUT2D eigenvalue weighted by atomic mass is 10.1. The lowest BCUT2D eigenvalue weighted by Crippen LogP contribution is -2.53. The van der Waals surface area contributed by atoms with Crippen molar-refractivity contribution >= 4 is 27.5 Å². The molecule has 0 aromatic heterocycles. The molecule has 9 nitrogen and oxygen atoms in total. The Hall–Kier alpha value is -3.27. The van der Waals surface area contributed by atoms with E-state index in [1.165, 1.54) is 25.2 Å². The number of carbonyl (C=O) groups excluding carboxylic acids is 2. The first kappa shape index (κ1) is 28.0. The Morgan fingerprint density at radius 3 is 2.20 bits per heavy atom. The Bertz CT molecular complexity index is 1090. The van der Waals surface area contributed by atoms with Crippen molar-refractivity contribution < 1.29 is 27.5 Å². The van der Waals surface area contributed by atoms with Crippen molar-refractivity contribution in [2.75, 3.05) is 44.4 Å². The summed E-state index contributed by atoms with van der Waals surface area (Å²) in [6.07, 6.45) is 1.95. The van der Waals surface area contributed by atoms with Crippen molar-refractivity contribution in [3.05, 3.63) is 54.1 Å². The molecule has 2 rings (SSSR count). The van der Waals surface area contributed by atoms with Crippen LogP contribution in [0.1, 0.15) is 25.8 Å². The van der Waals surface area contributed by atoms with E-state index < -0.39 is 28.5 Å². The van der Waals surface area contributed by atoms with E-state index in [0.29, 0.717) is 30.9 Å². The fraction of sp³-hybridized carbons (Fsp3) is 0.440. The van der Waals surface area contributed by atoms with Gasteiger partial charge in [0.15, 0.2) is 11.5 Å². The van der Waals surface area contributed by atoms with Crippen LogP contribution in [0.2, 0.25) is 0 Å². The van der Waals surface area contributed by atoms with E-state index in [-0.39, 0.29) is 18.1 Å². The highest BCUT2D eigenvalue weighted by Gasteiger charge is 2.31. The summed E-state index contributed by atoms with van der Waals surface area (Å²) in [4.78, 5) is 27.8. The van der Waals surface area contributed by atoms with Gasteiger partial charge in [-0.15, -0.1) is 0 Å². The van der Waals surface area contributed by atoms with Crippen molar-refractivity contribution in [2.45, 2.75) is 32.7 Å². The Kier molecular flexibility index (Phi) is 10.4. The van der Waals surface area contributed by atoms with Crippen molar-refractivity contribution in [1.82, 2.24) is 10.2 Å². The summed E-state index contributed by atoms with van der Waals surface area (Å²) in [5.41, 5.74) is 1.27.